The van der Waals surface area contributed by atoms with Gasteiger partial charge in [0.25, 0.3) is 0 Å². The van der Waals surface area contributed by atoms with Crippen molar-refractivity contribution in [1.82, 2.24) is 9.55 Å². The van der Waals surface area contributed by atoms with Crippen LogP contribution in [0.25, 0.3) is 0 Å². The lowest BCUT2D eigenvalue weighted by Gasteiger charge is -2.16. The number of allylic oxidation sites excluding steroid dienone is 2. The second-order valence-electron chi connectivity index (χ2n) is 4.61. The lowest BCUT2D eigenvalue weighted by Crippen LogP contribution is -2.17. The van der Waals surface area contributed by atoms with Crippen LogP contribution in [0.5, 0.6) is 0 Å². The van der Waals surface area contributed by atoms with Gasteiger partial charge in [0, 0.05) is 18.8 Å². The molecule has 0 aliphatic rings. The van der Waals surface area contributed by atoms with E-state index in [4.69, 9.17) is 5.73 Å². The van der Waals surface area contributed by atoms with Crippen molar-refractivity contribution in [2.45, 2.75) is 46.2 Å². The summed E-state index contributed by atoms with van der Waals surface area (Å²) in [6.45, 7) is 7.39. The Morgan fingerprint density at radius 1 is 1.50 bits per heavy atom. The summed E-state index contributed by atoms with van der Waals surface area (Å²) in [5.74, 6) is 0.619. The fourth-order valence-corrected chi connectivity index (χ4v) is 1.84. The molecule has 0 fully saturated rings. The van der Waals surface area contributed by atoms with Crippen molar-refractivity contribution in [3.05, 3.63) is 30.4 Å². The van der Waals surface area contributed by atoms with E-state index >= 15 is 0 Å². The molecule has 0 aliphatic carbocycles. The Bertz CT molecular complexity index is 326. The highest BCUT2D eigenvalue weighted by molar-refractivity contribution is 5.05. The lowest BCUT2D eigenvalue weighted by atomic mass is 10.0. The standard InChI is InChI=1S/C13H23N3/c1-4-5-6-7-16-10-15-9-13(16)12(14)8-11(2)3/h4-5,9-12H,6-8,14H2,1-3H3/b5-4+. The molecular weight excluding hydrogens is 198 g/mol. The van der Waals surface area contributed by atoms with Gasteiger partial charge < -0.3 is 10.3 Å². The first-order valence-electron chi connectivity index (χ1n) is 6.02. The monoisotopic (exact) mass is 221 g/mol. The Morgan fingerprint density at radius 2 is 2.25 bits per heavy atom. The number of hydrogen-bond donors (Lipinski definition) is 1. The Hall–Kier alpha value is -1.09. The zero-order valence-corrected chi connectivity index (χ0v) is 10.6. The summed E-state index contributed by atoms with van der Waals surface area (Å²) in [4.78, 5) is 4.19. The molecule has 1 unspecified atom stereocenters. The summed E-state index contributed by atoms with van der Waals surface area (Å²) < 4.78 is 2.16. The van der Waals surface area contributed by atoms with Crippen molar-refractivity contribution in [3.8, 4) is 0 Å². The van der Waals surface area contributed by atoms with E-state index in [-0.39, 0.29) is 6.04 Å². The van der Waals surface area contributed by atoms with Crippen LogP contribution in [0.3, 0.4) is 0 Å². The molecule has 1 rings (SSSR count). The van der Waals surface area contributed by atoms with Gasteiger partial charge in [-0.3, -0.25) is 0 Å². The normalized spacial score (nSPS) is 13.8. The summed E-state index contributed by atoms with van der Waals surface area (Å²) in [5, 5.41) is 0. The third-order valence-electron chi connectivity index (χ3n) is 2.62. The molecule has 0 aliphatic heterocycles. The van der Waals surface area contributed by atoms with Crippen molar-refractivity contribution >= 4 is 0 Å². The van der Waals surface area contributed by atoms with Crippen LogP contribution in [0.2, 0.25) is 0 Å². The summed E-state index contributed by atoms with van der Waals surface area (Å²) in [6, 6.07) is 0.105. The summed E-state index contributed by atoms with van der Waals surface area (Å²) >= 11 is 0. The number of imidazole rings is 1. The summed E-state index contributed by atoms with van der Waals surface area (Å²) in [6.07, 6.45) is 10.0. The Morgan fingerprint density at radius 3 is 2.88 bits per heavy atom. The minimum absolute atomic E-state index is 0.105. The first-order chi connectivity index (χ1) is 7.65. The Labute approximate surface area is 98.4 Å². The molecule has 90 valence electrons. The van der Waals surface area contributed by atoms with Crippen LogP contribution in [0, 0.1) is 5.92 Å². The number of nitrogens with two attached hydrogens (primary N) is 1. The van der Waals surface area contributed by atoms with E-state index in [1.54, 1.807) is 0 Å². The molecule has 1 aromatic heterocycles. The molecule has 1 atom stereocenters. The van der Waals surface area contributed by atoms with E-state index in [0.717, 1.165) is 25.1 Å². The predicted molar refractivity (Wildman–Crippen MR) is 68.0 cm³/mol. The minimum Gasteiger partial charge on any atom is -0.333 e. The van der Waals surface area contributed by atoms with Crippen molar-refractivity contribution in [2.75, 3.05) is 0 Å². The van der Waals surface area contributed by atoms with E-state index in [9.17, 15) is 0 Å². The molecule has 0 bridgehead atoms. The molecule has 0 saturated heterocycles. The van der Waals surface area contributed by atoms with Gasteiger partial charge in [0.05, 0.1) is 12.0 Å². The first-order valence-corrected chi connectivity index (χ1v) is 6.02. The van der Waals surface area contributed by atoms with Crippen LogP contribution in [0.15, 0.2) is 24.7 Å². The van der Waals surface area contributed by atoms with E-state index in [2.05, 4.69) is 35.6 Å². The maximum Gasteiger partial charge on any atom is 0.0948 e. The van der Waals surface area contributed by atoms with Crippen molar-refractivity contribution < 1.29 is 0 Å². The van der Waals surface area contributed by atoms with Crippen LogP contribution in [0.4, 0.5) is 0 Å². The predicted octanol–water partition coefficient (Wildman–Crippen LogP) is 2.90. The number of aromatic nitrogens is 2. The third kappa shape index (κ3) is 3.81. The Kier molecular flexibility index (Phi) is 5.26. The van der Waals surface area contributed by atoms with E-state index in [0.29, 0.717) is 5.92 Å². The molecule has 1 aromatic rings. The molecule has 0 amide bonds. The molecular formula is C13H23N3. The minimum atomic E-state index is 0.105. The molecule has 3 heteroatoms. The van der Waals surface area contributed by atoms with Gasteiger partial charge in [-0.1, -0.05) is 26.0 Å². The SMILES string of the molecule is C/C=C/CCn1cncc1C(N)CC(C)C. The van der Waals surface area contributed by atoms with Crippen LogP contribution in [-0.2, 0) is 6.54 Å². The average molecular weight is 221 g/mol. The smallest absolute Gasteiger partial charge is 0.0948 e. The van der Waals surface area contributed by atoms with Crippen molar-refractivity contribution in [2.24, 2.45) is 11.7 Å². The average Bonchev–Trinajstić information content (AvgIpc) is 2.65. The Balaban J connectivity index is 2.62. The first kappa shape index (κ1) is 13.0. The van der Waals surface area contributed by atoms with Gasteiger partial charge in [0.1, 0.15) is 0 Å². The number of aryl methyl sites for hydroxylation is 1. The zero-order chi connectivity index (χ0) is 12.0. The lowest BCUT2D eigenvalue weighted by molar-refractivity contribution is 0.484. The number of hydrogen-bond acceptors (Lipinski definition) is 2. The van der Waals surface area contributed by atoms with Gasteiger partial charge in [-0.05, 0) is 25.7 Å². The topological polar surface area (TPSA) is 43.8 Å². The maximum absolute atomic E-state index is 6.17. The van der Waals surface area contributed by atoms with E-state index < -0.39 is 0 Å². The molecule has 0 spiro atoms. The molecule has 3 nitrogen and oxygen atoms in total. The van der Waals surface area contributed by atoms with Gasteiger partial charge in [-0.2, -0.15) is 0 Å². The van der Waals surface area contributed by atoms with Crippen LogP contribution in [-0.4, -0.2) is 9.55 Å². The number of rotatable bonds is 6. The third-order valence-corrected chi connectivity index (χ3v) is 2.62. The van der Waals surface area contributed by atoms with Gasteiger partial charge >= 0.3 is 0 Å². The van der Waals surface area contributed by atoms with Crippen LogP contribution < -0.4 is 5.73 Å². The second kappa shape index (κ2) is 6.48. The largest absolute Gasteiger partial charge is 0.333 e. The maximum atomic E-state index is 6.17. The fraction of sp³-hybridized carbons (Fsp3) is 0.615. The zero-order valence-electron chi connectivity index (χ0n) is 10.6. The highest BCUT2D eigenvalue weighted by Crippen LogP contribution is 2.18. The van der Waals surface area contributed by atoms with Crippen LogP contribution >= 0.6 is 0 Å². The highest BCUT2D eigenvalue weighted by atomic mass is 15.1. The molecule has 1 heterocycles. The van der Waals surface area contributed by atoms with E-state index in [1.165, 1.54) is 0 Å². The van der Waals surface area contributed by atoms with Gasteiger partial charge in [-0.15, -0.1) is 0 Å². The summed E-state index contributed by atoms with van der Waals surface area (Å²) in [5.41, 5.74) is 7.32. The van der Waals surface area contributed by atoms with Crippen molar-refractivity contribution in [1.29, 1.82) is 0 Å². The van der Waals surface area contributed by atoms with Gasteiger partial charge in [0.2, 0.25) is 0 Å². The van der Waals surface area contributed by atoms with Gasteiger partial charge in [-0.25, -0.2) is 4.98 Å². The molecule has 16 heavy (non-hydrogen) atoms. The van der Waals surface area contributed by atoms with Crippen LogP contribution in [0.1, 0.15) is 45.3 Å². The highest BCUT2D eigenvalue weighted by Gasteiger charge is 2.12. The quantitative estimate of drug-likeness (QED) is 0.751. The fourth-order valence-electron chi connectivity index (χ4n) is 1.84. The molecule has 0 radical (unpaired) electrons. The molecule has 0 saturated carbocycles. The van der Waals surface area contributed by atoms with Crippen molar-refractivity contribution in [3.63, 3.8) is 0 Å². The number of nitrogens with zero attached hydrogens (tertiary/aromatic N) is 2. The molecule has 0 aromatic carbocycles. The second-order valence-corrected chi connectivity index (χ2v) is 4.61. The van der Waals surface area contributed by atoms with Gasteiger partial charge in [0.15, 0.2) is 0 Å². The molecule has 2 N–H and O–H groups in total. The summed E-state index contributed by atoms with van der Waals surface area (Å²) in [7, 11) is 0. The van der Waals surface area contributed by atoms with E-state index in [1.807, 2.05) is 19.4 Å².